The van der Waals surface area contributed by atoms with Gasteiger partial charge in [-0.05, 0) is 46.6 Å². The zero-order chi connectivity index (χ0) is 19.6. The van der Waals surface area contributed by atoms with Gasteiger partial charge in [0.05, 0.1) is 17.8 Å². The number of hydrogen-bond acceptors (Lipinski definition) is 7. The number of aromatic nitrogens is 4. The molecule has 0 radical (unpaired) electrons. The number of rotatable bonds is 5. The number of carbonyl (C=O) groups excluding carboxylic acids is 2. The normalized spacial score (nSPS) is 16.5. The summed E-state index contributed by atoms with van der Waals surface area (Å²) in [6.07, 6.45) is 1.30. The van der Waals surface area contributed by atoms with Crippen LogP contribution in [0.3, 0.4) is 0 Å². The van der Waals surface area contributed by atoms with E-state index in [2.05, 4.69) is 15.1 Å². The molecule has 1 saturated heterocycles. The average Bonchev–Trinajstić information content (AvgIpc) is 3.04. The Labute approximate surface area is 162 Å². The third-order valence-corrected chi connectivity index (χ3v) is 5.59. The molecule has 1 fully saturated rings. The van der Waals surface area contributed by atoms with Crippen LogP contribution in [0.5, 0.6) is 0 Å². The maximum atomic E-state index is 12.8. The molecule has 0 aromatic carbocycles. The van der Waals surface area contributed by atoms with Crippen LogP contribution in [0.25, 0.3) is 5.78 Å². The predicted octanol–water partition coefficient (Wildman–Crippen LogP) is 2.02. The van der Waals surface area contributed by atoms with Crippen LogP contribution >= 0.6 is 11.8 Å². The van der Waals surface area contributed by atoms with Crippen molar-refractivity contribution >= 4 is 29.4 Å². The van der Waals surface area contributed by atoms with Crippen molar-refractivity contribution in [2.75, 3.05) is 19.7 Å². The third-order valence-electron chi connectivity index (χ3n) is 4.66. The minimum atomic E-state index is -0.303. The first-order valence-electron chi connectivity index (χ1n) is 9.22. The molecule has 2 aromatic heterocycles. The Morgan fingerprint density at radius 1 is 1.30 bits per heavy atom. The highest BCUT2D eigenvalue weighted by Crippen LogP contribution is 2.25. The van der Waals surface area contributed by atoms with Gasteiger partial charge in [-0.15, -0.1) is 5.10 Å². The summed E-state index contributed by atoms with van der Waals surface area (Å²) < 4.78 is 6.77. The van der Waals surface area contributed by atoms with Gasteiger partial charge in [0.2, 0.25) is 11.1 Å². The van der Waals surface area contributed by atoms with E-state index < -0.39 is 0 Å². The molecule has 0 bridgehead atoms. The van der Waals surface area contributed by atoms with Gasteiger partial charge < -0.3 is 9.64 Å². The molecule has 2 aromatic rings. The SMILES string of the molecule is CCOC(=O)C1CCN(C(=O)C(C)Sc2nc3nc(C)cc(C)n3n2)CC1. The first-order chi connectivity index (χ1) is 12.9. The van der Waals surface area contributed by atoms with Crippen LogP contribution in [0.15, 0.2) is 11.2 Å². The fourth-order valence-corrected chi connectivity index (χ4v) is 4.09. The number of aryl methyl sites for hydroxylation is 2. The highest BCUT2D eigenvalue weighted by Gasteiger charge is 2.30. The molecule has 1 amide bonds. The molecule has 8 nitrogen and oxygen atoms in total. The maximum Gasteiger partial charge on any atom is 0.309 e. The lowest BCUT2D eigenvalue weighted by atomic mass is 9.97. The van der Waals surface area contributed by atoms with Crippen LogP contribution in [0.4, 0.5) is 0 Å². The Kier molecular flexibility index (Phi) is 5.98. The Bertz CT molecular complexity index is 845. The minimum Gasteiger partial charge on any atom is -0.466 e. The van der Waals surface area contributed by atoms with E-state index in [1.165, 1.54) is 11.8 Å². The molecule has 1 atom stereocenters. The number of carbonyl (C=O) groups is 2. The third kappa shape index (κ3) is 4.40. The van der Waals surface area contributed by atoms with E-state index in [0.717, 1.165) is 11.4 Å². The van der Waals surface area contributed by atoms with Gasteiger partial charge in [-0.25, -0.2) is 9.50 Å². The first-order valence-corrected chi connectivity index (χ1v) is 10.1. The number of hydrogen-bond donors (Lipinski definition) is 0. The van der Waals surface area contributed by atoms with Crippen molar-refractivity contribution < 1.29 is 14.3 Å². The van der Waals surface area contributed by atoms with Crippen LogP contribution in [-0.4, -0.2) is 61.3 Å². The van der Waals surface area contributed by atoms with Gasteiger partial charge in [0.15, 0.2) is 0 Å². The molecule has 27 heavy (non-hydrogen) atoms. The molecule has 0 aliphatic carbocycles. The highest BCUT2D eigenvalue weighted by atomic mass is 32.2. The molecular formula is C18H25N5O3S. The van der Waals surface area contributed by atoms with Crippen molar-refractivity contribution in [1.29, 1.82) is 0 Å². The summed E-state index contributed by atoms with van der Waals surface area (Å²) >= 11 is 1.33. The number of amides is 1. The fraction of sp³-hybridized carbons (Fsp3) is 0.611. The summed E-state index contributed by atoms with van der Waals surface area (Å²) in [5.74, 6) is 0.334. The molecule has 1 unspecified atom stereocenters. The average molecular weight is 391 g/mol. The van der Waals surface area contributed by atoms with Crippen LogP contribution in [-0.2, 0) is 14.3 Å². The Hall–Kier alpha value is -2.16. The summed E-state index contributed by atoms with van der Waals surface area (Å²) in [5, 5.41) is 4.69. The molecule has 1 aliphatic heterocycles. The quantitative estimate of drug-likeness (QED) is 0.569. The van der Waals surface area contributed by atoms with Crippen LogP contribution < -0.4 is 0 Å². The van der Waals surface area contributed by atoms with E-state index in [4.69, 9.17) is 4.74 Å². The summed E-state index contributed by atoms with van der Waals surface area (Å²) in [4.78, 5) is 35.2. The number of likely N-dealkylation sites (tertiary alicyclic amines) is 1. The second-order valence-corrected chi connectivity index (χ2v) is 8.06. The standard InChI is InChI=1S/C18H25N5O3S/c1-5-26-16(25)14-6-8-22(9-7-14)15(24)13(4)27-18-20-17-19-11(2)10-12(3)23(17)21-18/h10,13-14H,5-9H2,1-4H3. The summed E-state index contributed by atoms with van der Waals surface area (Å²) in [6, 6.07) is 1.94. The monoisotopic (exact) mass is 391 g/mol. The van der Waals surface area contributed by atoms with Gasteiger partial charge in [-0.3, -0.25) is 9.59 Å². The lowest BCUT2D eigenvalue weighted by Gasteiger charge is -2.32. The molecule has 0 saturated carbocycles. The van der Waals surface area contributed by atoms with E-state index in [1.54, 1.807) is 11.4 Å². The number of piperidine rings is 1. The topological polar surface area (TPSA) is 89.7 Å². The van der Waals surface area contributed by atoms with Crippen LogP contribution in [0.2, 0.25) is 0 Å². The van der Waals surface area contributed by atoms with Gasteiger partial charge in [-0.2, -0.15) is 4.98 Å². The van der Waals surface area contributed by atoms with Crippen molar-refractivity contribution in [2.45, 2.75) is 50.9 Å². The second kappa shape index (κ2) is 8.24. The van der Waals surface area contributed by atoms with Gasteiger partial charge in [0.25, 0.3) is 5.78 Å². The molecule has 0 N–H and O–H groups in total. The van der Waals surface area contributed by atoms with Crippen LogP contribution in [0, 0.1) is 19.8 Å². The zero-order valence-electron chi connectivity index (χ0n) is 16.1. The van der Waals surface area contributed by atoms with Crippen molar-refractivity contribution in [3.63, 3.8) is 0 Å². The zero-order valence-corrected chi connectivity index (χ0v) is 17.0. The fourth-order valence-electron chi connectivity index (χ4n) is 3.26. The number of nitrogens with zero attached hydrogens (tertiary/aromatic N) is 5. The number of esters is 1. The Morgan fingerprint density at radius 3 is 2.67 bits per heavy atom. The summed E-state index contributed by atoms with van der Waals surface area (Å²) in [7, 11) is 0. The second-order valence-electron chi connectivity index (χ2n) is 6.76. The summed E-state index contributed by atoms with van der Waals surface area (Å²) in [6.45, 7) is 9.08. The Balaban J connectivity index is 1.60. The molecule has 146 valence electrons. The molecule has 3 rings (SSSR count). The number of fused-ring (bicyclic) bond motifs is 1. The lowest BCUT2D eigenvalue weighted by Crippen LogP contribution is -2.43. The Morgan fingerprint density at radius 2 is 2.00 bits per heavy atom. The van der Waals surface area contributed by atoms with Gasteiger partial charge in [0.1, 0.15) is 0 Å². The maximum absolute atomic E-state index is 12.8. The molecule has 0 spiro atoms. The molecule has 3 heterocycles. The van der Waals surface area contributed by atoms with E-state index in [1.807, 2.05) is 31.7 Å². The molecular weight excluding hydrogens is 366 g/mol. The van der Waals surface area contributed by atoms with Crippen molar-refractivity contribution in [3.8, 4) is 0 Å². The van der Waals surface area contributed by atoms with Gasteiger partial charge in [0, 0.05) is 24.5 Å². The van der Waals surface area contributed by atoms with Crippen molar-refractivity contribution in [3.05, 3.63) is 17.5 Å². The number of thioether (sulfide) groups is 1. The van der Waals surface area contributed by atoms with Crippen molar-refractivity contribution in [1.82, 2.24) is 24.5 Å². The van der Waals surface area contributed by atoms with E-state index in [0.29, 0.717) is 43.5 Å². The van der Waals surface area contributed by atoms with Crippen molar-refractivity contribution in [2.24, 2.45) is 5.92 Å². The van der Waals surface area contributed by atoms with E-state index in [9.17, 15) is 9.59 Å². The minimum absolute atomic E-state index is 0.0435. The highest BCUT2D eigenvalue weighted by molar-refractivity contribution is 8.00. The number of ether oxygens (including phenoxy) is 1. The molecule has 9 heteroatoms. The predicted molar refractivity (Wildman–Crippen MR) is 102 cm³/mol. The first kappa shape index (κ1) is 19.6. The van der Waals surface area contributed by atoms with Gasteiger partial charge in [-0.1, -0.05) is 11.8 Å². The summed E-state index contributed by atoms with van der Waals surface area (Å²) in [5.41, 5.74) is 1.84. The lowest BCUT2D eigenvalue weighted by molar-refractivity contribution is -0.151. The molecule has 1 aliphatic rings. The van der Waals surface area contributed by atoms with E-state index >= 15 is 0 Å². The smallest absolute Gasteiger partial charge is 0.309 e. The largest absolute Gasteiger partial charge is 0.466 e. The van der Waals surface area contributed by atoms with Crippen LogP contribution in [0.1, 0.15) is 38.1 Å². The van der Waals surface area contributed by atoms with Gasteiger partial charge >= 0.3 is 5.97 Å². The van der Waals surface area contributed by atoms with E-state index in [-0.39, 0.29) is 23.0 Å².